The Hall–Kier alpha value is -2.50. The number of nitrogens with zero attached hydrogens (tertiary/aromatic N) is 2. The minimum Gasteiger partial charge on any atom is -0.485 e. The van der Waals surface area contributed by atoms with Gasteiger partial charge < -0.3 is 19.4 Å². The predicted molar refractivity (Wildman–Crippen MR) is 78.8 cm³/mol. The smallest absolute Gasteiger partial charge is 0.264 e. The summed E-state index contributed by atoms with van der Waals surface area (Å²) >= 11 is 0. The van der Waals surface area contributed by atoms with Gasteiger partial charge >= 0.3 is 0 Å². The lowest BCUT2D eigenvalue weighted by Gasteiger charge is -2.29. The molecule has 0 fully saturated rings. The van der Waals surface area contributed by atoms with Crippen LogP contribution in [-0.2, 0) is 17.8 Å². The SMILES string of the molecule is O=C(N[C@H]1CCc2nccn2C1)[C@@H]1COc2ccccc2O1. The molecule has 3 heterocycles. The van der Waals surface area contributed by atoms with Gasteiger partial charge in [-0.2, -0.15) is 0 Å². The molecule has 1 aromatic heterocycles. The second-order valence-corrected chi connectivity index (χ2v) is 5.60. The molecular weight excluding hydrogens is 282 g/mol. The van der Waals surface area contributed by atoms with E-state index in [1.54, 1.807) is 6.20 Å². The summed E-state index contributed by atoms with van der Waals surface area (Å²) < 4.78 is 13.4. The summed E-state index contributed by atoms with van der Waals surface area (Å²) in [6.07, 6.45) is 4.92. The highest BCUT2D eigenvalue weighted by Gasteiger charge is 2.29. The Balaban J connectivity index is 1.39. The van der Waals surface area contributed by atoms with E-state index < -0.39 is 6.10 Å². The third kappa shape index (κ3) is 2.41. The van der Waals surface area contributed by atoms with Gasteiger partial charge in [-0.1, -0.05) is 12.1 Å². The van der Waals surface area contributed by atoms with E-state index in [9.17, 15) is 4.79 Å². The molecule has 22 heavy (non-hydrogen) atoms. The van der Waals surface area contributed by atoms with E-state index in [2.05, 4.69) is 14.9 Å². The van der Waals surface area contributed by atoms with Crippen LogP contribution in [-0.4, -0.2) is 34.2 Å². The van der Waals surface area contributed by atoms with E-state index in [1.807, 2.05) is 30.5 Å². The van der Waals surface area contributed by atoms with Gasteiger partial charge in [0.05, 0.1) is 0 Å². The fraction of sp³-hybridized carbons (Fsp3) is 0.375. The molecular formula is C16H17N3O3. The minimum absolute atomic E-state index is 0.106. The number of benzene rings is 1. The molecule has 1 aromatic carbocycles. The van der Waals surface area contributed by atoms with Crippen molar-refractivity contribution in [2.24, 2.45) is 0 Å². The van der Waals surface area contributed by atoms with Crippen molar-refractivity contribution in [3.63, 3.8) is 0 Å². The van der Waals surface area contributed by atoms with Crippen molar-refractivity contribution in [1.29, 1.82) is 0 Å². The molecule has 6 heteroatoms. The Morgan fingerprint density at radius 2 is 2.18 bits per heavy atom. The van der Waals surface area contributed by atoms with Gasteiger partial charge in [-0.3, -0.25) is 4.79 Å². The summed E-state index contributed by atoms with van der Waals surface area (Å²) in [6, 6.07) is 7.51. The molecule has 0 saturated heterocycles. The van der Waals surface area contributed by atoms with Crippen LogP contribution in [0.4, 0.5) is 0 Å². The van der Waals surface area contributed by atoms with E-state index in [0.717, 1.165) is 25.2 Å². The van der Waals surface area contributed by atoms with Gasteiger partial charge in [-0.05, 0) is 18.6 Å². The van der Waals surface area contributed by atoms with Gasteiger partial charge in [0.25, 0.3) is 5.91 Å². The van der Waals surface area contributed by atoms with Crippen LogP contribution in [0, 0.1) is 0 Å². The largest absolute Gasteiger partial charge is 0.485 e. The molecule has 1 N–H and O–H groups in total. The molecule has 2 atom stereocenters. The Kier molecular flexibility index (Phi) is 3.21. The number of aromatic nitrogens is 2. The number of rotatable bonds is 2. The number of ether oxygens (including phenoxy) is 2. The van der Waals surface area contributed by atoms with Crippen LogP contribution in [0.3, 0.4) is 0 Å². The lowest BCUT2D eigenvalue weighted by Crippen LogP contribution is -2.49. The first kappa shape index (κ1) is 13.2. The first-order valence-electron chi connectivity index (χ1n) is 7.48. The molecule has 6 nitrogen and oxygen atoms in total. The Morgan fingerprint density at radius 1 is 1.32 bits per heavy atom. The fourth-order valence-electron chi connectivity index (χ4n) is 2.93. The summed E-state index contributed by atoms with van der Waals surface area (Å²) in [6.45, 7) is 0.997. The molecule has 114 valence electrons. The number of hydrogen-bond acceptors (Lipinski definition) is 4. The third-order valence-electron chi connectivity index (χ3n) is 4.08. The van der Waals surface area contributed by atoms with Crippen LogP contribution >= 0.6 is 0 Å². The van der Waals surface area contributed by atoms with Gasteiger partial charge in [-0.15, -0.1) is 0 Å². The van der Waals surface area contributed by atoms with E-state index in [-0.39, 0.29) is 18.6 Å². The maximum Gasteiger partial charge on any atom is 0.264 e. The standard InChI is InChI=1S/C16H17N3O3/c20-16(14-10-21-12-3-1-2-4-13(12)22-14)18-11-5-6-15-17-7-8-19(15)9-11/h1-4,7-8,11,14H,5-6,9-10H2,(H,18,20)/t11-,14-/m0/s1. The van der Waals surface area contributed by atoms with Crippen molar-refractivity contribution in [3.05, 3.63) is 42.5 Å². The van der Waals surface area contributed by atoms with Crippen LogP contribution in [0.2, 0.25) is 0 Å². The van der Waals surface area contributed by atoms with Crippen molar-refractivity contribution in [2.75, 3.05) is 6.61 Å². The fourth-order valence-corrected chi connectivity index (χ4v) is 2.93. The Morgan fingerprint density at radius 3 is 3.09 bits per heavy atom. The quantitative estimate of drug-likeness (QED) is 0.903. The van der Waals surface area contributed by atoms with Gasteiger partial charge in [0.1, 0.15) is 12.4 Å². The topological polar surface area (TPSA) is 65.4 Å². The van der Waals surface area contributed by atoms with Crippen molar-refractivity contribution in [1.82, 2.24) is 14.9 Å². The molecule has 0 spiro atoms. The average molecular weight is 299 g/mol. The molecule has 0 unspecified atom stereocenters. The van der Waals surface area contributed by atoms with Crippen LogP contribution in [0.1, 0.15) is 12.2 Å². The zero-order valence-electron chi connectivity index (χ0n) is 12.1. The summed E-state index contributed by atoms with van der Waals surface area (Å²) in [5, 5.41) is 3.06. The van der Waals surface area contributed by atoms with Crippen molar-refractivity contribution >= 4 is 5.91 Å². The molecule has 0 aliphatic carbocycles. The number of imidazole rings is 1. The number of carbonyl (C=O) groups is 1. The highest BCUT2D eigenvalue weighted by atomic mass is 16.6. The first-order chi connectivity index (χ1) is 10.8. The van der Waals surface area contributed by atoms with Gasteiger partial charge in [-0.25, -0.2) is 4.98 Å². The monoisotopic (exact) mass is 299 g/mol. The summed E-state index contributed by atoms with van der Waals surface area (Å²) in [4.78, 5) is 16.7. The normalized spacial score (nSPS) is 22.7. The molecule has 0 radical (unpaired) electrons. The number of para-hydroxylation sites is 2. The second-order valence-electron chi connectivity index (χ2n) is 5.60. The lowest BCUT2D eigenvalue weighted by molar-refractivity contribution is -0.131. The van der Waals surface area contributed by atoms with Gasteiger partial charge in [0, 0.05) is 31.4 Å². The molecule has 0 saturated carbocycles. The van der Waals surface area contributed by atoms with Crippen LogP contribution in [0.15, 0.2) is 36.7 Å². The van der Waals surface area contributed by atoms with Crippen molar-refractivity contribution < 1.29 is 14.3 Å². The number of fused-ring (bicyclic) bond motifs is 2. The van der Waals surface area contributed by atoms with E-state index in [4.69, 9.17) is 9.47 Å². The van der Waals surface area contributed by atoms with E-state index in [0.29, 0.717) is 11.5 Å². The maximum absolute atomic E-state index is 12.4. The van der Waals surface area contributed by atoms with Crippen molar-refractivity contribution in [2.45, 2.75) is 31.5 Å². The number of aryl methyl sites for hydroxylation is 1. The summed E-state index contributed by atoms with van der Waals surface area (Å²) in [5.41, 5.74) is 0. The highest BCUT2D eigenvalue weighted by Crippen LogP contribution is 2.30. The molecule has 2 aromatic rings. The molecule has 1 amide bonds. The predicted octanol–water partition coefficient (Wildman–Crippen LogP) is 1.15. The molecule has 2 aliphatic heterocycles. The zero-order chi connectivity index (χ0) is 14.9. The third-order valence-corrected chi connectivity index (χ3v) is 4.08. The van der Waals surface area contributed by atoms with E-state index in [1.165, 1.54) is 0 Å². The number of carbonyl (C=O) groups excluding carboxylic acids is 1. The number of amides is 1. The van der Waals surface area contributed by atoms with Crippen molar-refractivity contribution in [3.8, 4) is 11.5 Å². The Labute approximate surface area is 128 Å². The average Bonchev–Trinajstić information content (AvgIpc) is 3.02. The van der Waals surface area contributed by atoms with Crippen LogP contribution in [0.25, 0.3) is 0 Å². The summed E-state index contributed by atoms with van der Waals surface area (Å²) in [5.74, 6) is 2.27. The molecule has 4 rings (SSSR count). The van der Waals surface area contributed by atoms with E-state index >= 15 is 0 Å². The summed E-state index contributed by atoms with van der Waals surface area (Å²) in [7, 11) is 0. The zero-order valence-corrected chi connectivity index (χ0v) is 12.1. The minimum atomic E-state index is -0.598. The van der Waals surface area contributed by atoms with Gasteiger partial charge in [0.2, 0.25) is 6.10 Å². The van der Waals surface area contributed by atoms with Crippen LogP contribution in [0.5, 0.6) is 11.5 Å². The maximum atomic E-state index is 12.4. The lowest BCUT2D eigenvalue weighted by atomic mass is 10.1. The highest BCUT2D eigenvalue weighted by molar-refractivity contribution is 5.82. The second kappa shape index (κ2) is 5.36. The molecule has 2 aliphatic rings. The Bertz CT molecular complexity index is 697. The number of hydrogen-bond donors (Lipinski definition) is 1. The van der Waals surface area contributed by atoms with Crippen LogP contribution < -0.4 is 14.8 Å². The number of nitrogens with one attached hydrogen (secondary N) is 1. The van der Waals surface area contributed by atoms with Gasteiger partial charge in [0.15, 0.2) is 11.5 Å². The molecule has 0 bridgehead atoms. The first-order valence-corrected chi connectivity index (χ1v) is 7.48.